The number of rotatable bonds is 6. The maximum absolute atomic E-state index is 12.7. The predicted octanol–water partition coefficient (Wildman–Crippen LogP) is 5.31. The molecule has 1 heterocycles. The van der Waals surface area contributed by atoms with Gasteiger partial charge < -0.3 is 9.84 Å². The van der Waals surface area contributed by atoms with Crippen molar-refractivity contribution in [3.63, 3.8) is 0 Å². The highest BCUT2D eigenvalue weighted by Gasteiger charge is 2.30. The molecule has 156 valence electrons. The Morgan fingerprint density at radius 2 is 1.97 bits per heavy atom. The first-order chi connectivity index (χ1) is 14.2. The van der Waals surface area contributed by atoms with Crippen molar-refractivity contribution in [2.24, 2.45) is 10.9 Å². The molecule has 0 unspecified atom stereocenters. The Hall–Kier alpha value is -2.77. The van der Waals surface area contributed by atoms with E-state index in [4.69, 9.17) is 21.4 Å². The highest BCUT2D eigenvalue weighted by atomic mass is 35.5. The van der Waals surface area contributed by atoms with E-state index in [1.54, 1.807) is 43.5 Å². The molecular weight excluding hydrogens is 424 g/mol. The Bertz CT molecular complexity index is 1030. The molecule has 0 saturated carbocycles. The fraction of sp³-hybridized carbons (Fsp3) is 0.227. The van der Waals surface area contributed by atoms with Gasteiger partial charge in [-0.15, -0.1) is 0 Å². The van der Waals surface area contributed by atoms with Gasteiger partial charge in [-0.25, -0.2) is 9.79 Å². The quantitative estimate of drug-likeness (QED) is 0.611. The summed E-state index contributed by atoms with van der Waals surface area (Å²) in [7, 11) is 1.65. The summed E-state index contributed by atoms with van der Waals surface area (Å²) in [5.41, 5.74) is 1.46. The van der Waals surface area contributed by atoms with Gasteiger partial charge in [0.1, 0.15) is 5.75 Å². The number of thioether (sulfide) groups is 1. The second-order valence-electron chi connectivity index (χ2n) is 7.11. The largest absolute Gasteiger partial charge is 0.493 e. The van der Waals surface area contributed by atoms with Crippen LogP contribution in [-0.4, -0.2) is 40.7 Å². The van der Waals surface area contributed by atoms with E-state index >= 15 is 0 Å². The van der Waals surface area contributed by atoms with Gasteiger partial charge in [-0.2, -0.15) is 0 Å². The number of hydrogen-bond donors (Lipinski definition) is 1. The summed E-state index contributed by atoms with van der Waals surface area (Å²) in [5, 5.41) is 10.1. The predicted molar refractivity (Wildman–Crippen MR) is 121 cm³/mol. The van der Waals surface area contributed by atoms with Crippen LogP contribution < -0.4 is 4.74 Å². The molecule has 2 aromatic rings. The molecule has 0 spiro atoms. The van der Waals surface area contributed by atoms with Crippen LogP contribution in [0.15, 0.2) is 52.4 Å². The lowest BCUT2D eigenvalue weighted by atomic mass is 10.1. The number of ether oxygens (including phenoxy) is 1. The Labute approximate surface area is 184 Å². The Morgan fingerprint density at radius 1 is 1.27 bits per heavy atom. The normalized spacial score (nSPS) is 16.7. The molecule has 1 fully saturated rings. The number of hydrogen-bond acceptors (Lipinski definition) is 5. The SMILES string of the molecule is CC(C)COc1ccc(Cl)cc1/C=C1/SC(=Nc2ccc(C(=O)O)cc2)N(C)C1=O. The minimum absolute atomic E-state index is 0.179. The minimum Gasteiger partial charge on any atom is -0.493 e. The lowest BCUT2D eigenvalue weighted by molar-refractivity contribution is -0.121. The van der Waals surface area contributed by atoms with Gasteiger partial charge in [-0.05, 0) is 66.2 Å². The van der Waals surface area contributed by atoms with Crippen molar-refractivity contribution in [2.45, 2.75) is 13.8 Å². The van der Waals surface area contributed by atoms with Gasteiger partial charge in [0, 0.05) is 17.6 Å². The van der Waals surface area contributed by atoms with Gasteiger partial charge in [0.2, 0.25) is 0 Å². The summed E-state index contributed by atoms with van der Waals surface area (Å²) in [6, 6.07) is 11.5. The summed E-state index contributed by atoms with van der Waals surface area (Å²) in [6.45, 7) is 4.67. The molecule has 1 amide bonds. The van der Waals surface area contributed by atoms with Gasteiger partial charge >= 0.3 is 5.97 Å². The summed E-state index contributed by atoms with van der Waals surface area (Å²) in [6.07, 6.45) is 1.75. The molecule has 6 nitrogen and oxygen atoms in total. The highest BCUT2D eigenvalue weighted by Crippen LogP contribution is 2.35. The average molecular weight is 445 g/mol. The molecule has 1 N–H and O–H groups in total. The van der Waals surface area contributed by atoms with Crippen LogP contribution in [0.3, 0.4) is 0 Å². The molecule has 1 aliphatic rings. The first-order valence-corrected chi connectivity index (χ1v) is 10.5. The van der Waals surface area contributed by atoms with Crippen molar-refractivity contribution >= 4 is 52.2 Å². The van der Waals surface area contributed by atoms with Crippen molar-refractivity contribution in [1.29, 1.82) is 0 Å². The van der Waals surface area contributed by atoms with E-state index in [9.17, 15) is 9.59 Å². The number of carbonyl (C=O) groups is 2. The third-order valence-electron chi connectivity index (χ3n) is 4.17. The molecular formula is C22H21ClN2O4S. The van der Waals surface area contributed by atoms with E-state index in [0.29, 0.717) is 39.1 Å². The molecule has 1 aliphatic heterocycles. The zero-order valence-corrected chi connectivity index (χ0v) is 18.3. The lowest BCUT2D eigenvalue weighted by Crippen LogP contribution is -2.23. The van der Waals surface area contributed by atoms with Gasteiger partial charge in [0.15, 0.2) is 5.17 Å². The van der Waals surface area contributed by atoms with E-state index in [2.05, 4.69) is 18.8 Å². The van der Waals surface area contributed by atoms with Gasteiger partial charge in [-0.1, -0.05) is 25.4 Å². The van der Waals surface area contributed by atoms with Crippen molar-refractivity contribution in [3.8, 4) is 5.75 Å². The number of halogens is 1. The topological polar surface area (TPSA) is 79.2 Å². The molecule has 2 aromatic carbocycles. The van der Waals surface area contributed by atoms with Crippen LogP contribution in [0.4, 0.5) is 5.69 Å². The van der Waals surface area contributed by atoms with Crippen LogP contribution in [0.1, 0.15) is 29.8 Å². The van der Waals surface area contributed by atoms with Crippen LogP contribution in [0.25, 0.3) is 6.08 Å². The van der Waals surface area contributed by atoms with Gasteiger partial charge in [-0.3, -0.25) is 9.69 Å². The number of carboxylic acids is 1. The second kappa shape index (κ2) is 9.36. The van der Waals surface area contributed by atoms with Crippen molar-refractivity contribution in [2.75, 3.05) is 13.7 Å². The highest BCUT2D eigenvalue weighted by molar-refractivity contribution is 8.18. The number of amidine groups is 1. The first-order valence-electron chi connectivity index (χ1n) is 9.26. The molecule has 30 heavy (non-hydrogen) atoms. The molecule has 0 radical (unpaired) electrons. The number of benzene rings is 2. The maximum Gasteiger partial charge on any atom is 0.335 e. The van der Waals surface area contributed by atoms with E-state index in [-0.39, 0.29) is 11.5 Å². The Kier molecular flexibility index (Phi) is 6.84. The molecule has 1 saturated heterocycles. The third kappa shape index (κ3) is 5.23. The molecule has 8 heteroatoms. The minimum atomic E-state index is -1.00. The van der Waals surface area contributed by atoms with Crippen molar-refractivity contribution in [1.82, 2.24) is 4.90 Å². The maximum atomic E-state index is 12.7. The van der Waals surface area contributed by atoms with Gasteiger partial charge in [0.25, 0.3) is 5.91 Å². The first kappa shape index (κ1) is 21.9. The van der Waals surface area contributed by atoms with Crippen LogP contribution in [0.2, 0.25) is 5.02 Å². The molecule has 3 rings (SSSR count). The summed E-state index contributed by atoms with van der Waals surface area (Å²) < 4.78 is 5.86. The number of nitrogens with zero attached hydrogens (tertiary/aromatic N) is 2. The number of aromatic carboxylic acids is 1. The van der Waals surface area contributed by atoms with Crippen LogP contribution >= 0.6 is 23.4 Å². The van der Waals surface area contributed by atoms with Crippen molar-refractivity contribution < 1.29 is 19.4 Å². The number of aliphatic imine (C=N–C) groups is 1. The molecule has 0 atom stereocenters. The lowest BCUT2D eigenvalue weighted by Gasteiger charge is -2.12. The average Bonchev–Trinajstić information content (AvgIpc) is 2.95. The Balaban J connectivity index is 1.88. The number of amides is 1. The Morgan fingerprint density at radius 3 is 2.60 bits per heavy atom. The summed E-state index contributed by atoms with van der Waals surface area (Å²) in [5.74, 6) is -0.165. The van der Waals surface area contributed by atoms with E-state index in [1.807, 2.05) is 0 Å². The summed E-state index contributed by atoms with van der Waals surface area (Å²) in [4.78, 5) is 30.1. The zero-order valence-electron chi connectivity index (χ0n) is 16.8. The van der Waals surface area contributed by atoms with Crippen LogP contribution in [0.5, 0.6) is 5.75 Å². The van der Waals surface area contributed by atoms with Crippen LogP contribution in [0, 0.1) is 5.92 Å². The van der Waals surface area contributed by atoms with Crippen LogP contribution in [-0.2, 0) is 4.79 Å². The molecule has 0 bridgehead atoms. The monoisotopic (exact) mass is 444 g/mol. The zero-order chi connectivity index (χ0) is 21.8. The second-order valence-corrected chi connectivity index (χ2v) is 8.55. The number of carbonyl (C=O) groups excluding carboxylic acids is 1. The molecule has 0 aliphatic carbocycles. The fourth-order valence-electron chi connectivity index (χ4n) is 2.60. The number of likely N-dealkylation sites (N-methyl/N-ethyl adjacent to an activating group) is 1. The fourth-order valence-corrected chi connectivity index (χ4v) is 3.76. The third-order valence-corrected chi connectivity index (χ3v) is 5.47. The van der Waals surface area contributed by atoms with E-state index in [0.717, 1.165) is 5.56 Å². The van der Waals surface area contributed by atoms with Gasteiger partial charge in [0.05, 0.1) is 22.8 Å². The summed E-state index contributed by atoms with van der Waals surface area (Å²) >= 11 is 7.39. The van der Waals surface area contributed by atoms with E-state index in [1.165, 1.54) is 28.8 Å². The standard InChI is InChI=1S/C22H21ClN2O4S/c1-13(2)12-29-18-9-6-16(23)10-15(18)11-19-20(26)25(3)22(30-19)24-17-7-4-14(5-8-17)21(27)28/h4-11,13H,12H2,1-3H3,(H,27,28)/b19-11+,24-22?. The van der Waals surface area contributed by atoms with E-state index < -0.39 is 5.97 Å². The smallest absolute Gasteiger partial charge is 0.335 e. The molecule has 0 aromatic heterocycles. The van der Waals surface area contributed by atoms with Crippen molar-refractivity contribution in [3.05, 3.63) is 63.5 Å². The number of carboxylic acid groups (broad SMARTS) is 1.